The van der Waals surface area contributed by atoms with Crippen LogP contribution in [-0.4, -0.2) is 46.8 Å². The van der Waals surface area contributed by atoms with E-state index in [-0.39, 0.29) is 6.04 Å². The summed E-state index contributed by atoms with van der Waals surface area (Å²) in [7, 11) is 0. The molecular formula is C10H14N2O3S. The molecule has 1 fully saturated rings. The van der Waals surface area contributed by atoms with Gasteiger partial charge in [0.15, 0.2) is 6.10 Å². The molecule has 1 aliphatic heterocycles. The lowest BCUT2D eigenvalue weighted by atomic mass is 10.2. The molecule has 0 saturated carbocycles. The third kappa shape index (κ3) is 2.40. The van der Waals surface area contributed by atoms with Crippen molar-refractivity contribution in [2.75, 3.05) is 19.7 Å². The molecule has 16 heavy (non-hydrogen) atoms. The van der Waals surface area contributed by atoms with Crippen LogP contribution in [0.4, 0.5) is 0 Å². The highest BCUT2D eigenvalue weighted by Gasteiger charge is 2.29. The molecule has 1 N–H and O–H groups in total. The summed E-state index contributed by atoms with van der Waals surface area (Å²) < 4.78 is 5.18. The number of nitrogens with zero attached hydrogens (tertiary/aromatic N) is 2. The monoisotopic (exact) mass is 242 g/mol. The predicted molar refractivity (Wildman–Crippen MR) is 59.5 cm³/mol. The maximum absolute atomic E-state index is 10.8. The first-order chi connectivity index (χ1) is 7.68. The van der Waals surface area contributed by atoms with E-state index in [1.54, 1.807) is 17.5 Å². The second-order valence-electron chi connectivity index (χ2n) is 3.74. The van der Waals surface area contributed by atoms with Gasteiger partial charge in [0.2, 0.25) is 0 Å². The summed E-state index contributed by atoms with van der Waals surface area (Å²) in [5.74, 6) is -0.893. The van der Waals surface area contributed by atoms with Crippen LogP contribution < -0.4 is 0 Å². The molecular weight excluding hydrogens is 228 g/mol. The maximum atomic E-state index is 10.8. The van der Waals surface area contributed by atoms with Crippen LogP contribution in [0.25, 0.3) is 0 Å². The second kappa shape index (κ2) is 4.90. The van der Waals surface area contributed by atoms with Crippen molar-refractivity contribution < 1.29 is 14.6 Å². The fourth-order valence-electron chi connectivity index (χ4n) is 1.77. The molecule has 2 unspecified atom stereocenters. The summed E-state index contributed by atoms with van der Waals surface area (Å²) in [6.45, 7) is 3.69. The van der Waals surface area contributed by atoms with E-state index in [1.165, 1.54) is 0 Å². The molecule has 1 aromatic rings. The molecule has 0 amide bonds. The molecule has 5 nitrogen and oxygen atoms in total. The van der Waals surface area contributed by atoms with Gasteiger partial charge in [-0.15, -0.1) is 11.3 Å². The number of aliphatic carboxylic acids is 1. The summed E-state index contributed by atoms with van der Waals surface area (Å²) in [5, 5.41) is 11.9. The van der Waals surface area contributed by atoms with Gasteiger partial charge in [0.25, 0.3) is 0 Å². The smallest absolute Gasteiger partial charge is 0.334 e. The van der Waals surface area contributed by atoms with Crippen molar-refractivity contribution in [2.24, 2.45) is 0 Å². The first-order valence-electron chi connectivity index (χ1n) is 5.16. The van der Waals surface area contributed by atoms with E-state index in [1.807, 2.05) is 12.3 Å². The number of morpholine rings is 1. The van der Waals surface area contributed by atoms with Gasteiger partial charge in [0, 0.05) is 24.7 Å². The Labute approximate surface area is 97.7 Å². The van der Waals surface area contributed by atoms with Crippen LogP contribution in [0.1, 0.15) is 18.0 Å². The van der Waals surface area contributed by atoms with Gasteiger partial charge < -0.3 is 9.84 Å². The van der Waals surface area contributed by atoms with Gasteiger partial charge in [-0.25, -0.2) is 9.78 Å². The van der Waals surface area contributed by atoms with E-state index in [2.05, 4.69) is 9.88 Å². The number of rotatable bonds is 3. The van der Waals surface area contributed by atoms with Crippen molar-refractivity contribution in [3.63, 3.8) is 0 Å². The lowest BCUT2D eigenvalue weighted by molar-refractivity contribution is -0.157. The van der Waals surface area contributed by atoms with Crippen LogP contribution in [-0.2, 0) is 9.53 Å². The topological polar surface area (TPSA) is 62.7 Å². The van der Waals surface area contributed by atoms with E-state index < -0.39 is 12.1 Å². The van der Waals surface area contributed by atoms with Crippen molar-refractivity contribution >= 4 is 17.3 Å². The molecule has 88 valence electrons. The Balaban J connectivity index is 2.01. The standard InChI is InChI=1S/C10H14N2O3S/c1-7(9-11-2-5-16-9)12-3-4-15-8(6-12)10(13)14/h2,5,7-8H,3-4,6H2,1H3,(H,13,14). The van der Waals surface area contributed by atoms with Crippen molar-refractivity contribution in [2.45, 2.75) is 19.1 Å². The molecule has 2 heterocycles. The Bertz CT molecular complexity index is 355. The third-order valence-electron chi connectivity index (χ3n) is 2.73. The predicted octanol–water partition coefficient (Wildman–Crippen LogP) is 0.990. The van der Waals surface area contributed by atoms with E-state index >= 15 is 0 Å². The molecule has 0 aliphatic carbocycles. The van der Waals surface area contributed by atoms with E-state index in [9.17, 15) is 4.79 Å². The van der Waals surface area contributed by atoms with Crippen molar-refractivity contribution in [1.82, 2.24) is 9.88 Å². The largest absolute Gasteiger partial charge is 0.479 e. The molecule has 0 bridgehead atoms. The summed E-state index contributed by atoms with van der Waals surface area (Å²) in [5.41, 5.74) is 0. The molecule has 2 atom stereocenters. The summed E-state index contributed by atoms with van der Waals surface area (Å²) in [6, 6.07) is 0.158. The number of carboxylic acid groups (broad SMARTS) is 1. The van der Waals surface area contributed by atoms with Crippen molar-refractivity contribution in [3.05, 3.63) is 16.6 Å². The quantitative estimate of drug-likeness (QED) is 0.856. The number of thiazole rings is 1. The minimum Gasteiger partial charge on any atom is -0.479 e. The molecule has 0 radical (unpaired) electrons. The summed E-state index contributed by atoms with van der Waals surface area (Å²) in [4.78, 5) is 17.2. The van der Waals surface area contributed by atoms with E-state index in [0.29, 0.717) is 13.2 Å². The van der Waals surface area contributed by atoms with Crippen LogP contribution in [0.3, 0.4) is 0 Å². The van der Waals surface area contributed by atoms with Gasteiger partial charge in [-0.3, -0.25) is 4.90 Å². The van der Waals surface area contributed by atoms with Crippen LogP contribution >= 0.6 is 11.3 Å². The first kappa shape index (κ1) is 11.5. The average Bonchev–Trinajstić information content (AvgIpc) is 2.81. The minimum absolute atomic E-state index is 0.158. The van der Waals surface area contributed by atoms with Crippen molar-refractivity contribution in [3.8, 4) is 0 Å². The number of hydrogen-bond acceptors (Lipinski definition) is 5. The molecule has 1 aliphatic rings. The number of carbonyl (C=O) groups is 1. The summed E-state index contributed by atoms with van der Waals surface area (Å²) >= 11 is 1.59. The zero-order chi connectivity index (χ0) is 11.5. The van der Waals surface area contributed by atoms with E-state index in [0.717, 1.165) is 11.6 Å². The number of carboxylic acids is 1. The third-order valence-corrected chi connectivity index (χ3v) is 3.68. The fraction of sp³-hybridized carbons (Fsp3) is 0.600. The highest BCUT2D eigenvalue weighted by Crippen LogP contribution is 2.23. The van der Waals surface area contributed by atoms with Crippen LogP contribution in [0.2, 0.25) is 0 Å². The number of ether oxygens (including phenoxy) is 1. The van der Waals surface area contributed by atoms with Gasteiger partial charge in [-0.1, -0.05) is 0 Å². The highest BCUT2D eigenvalue weighted by atomic mass is 32.1. The fourth-order valence-corrected chi connectivity index (χ4v) is 2.50. The molecule has 1 aromatic heterocycles. The second-order valence-corrected chi connectivity index (χ2v) is 4.67. The highest BCUT2D eigenvalue weighted by molar-refractivity contribution is 7.09. The van der Waals surface area contributed by atoms with Crippen LogP contribution in [0, 0.1) is 0 Å². The Kier molecular flexibility index (Phi) is 3.52. The zero-order valence-corrected chi connectivity index (χ0v) is 9.81. The first-order valence-corrected chi connectivity index (χ1v) is 6.04. The molecule has 1 saturated heterocycles. The Morgan fingerprint density at radius 1 is 1.81 bits per heavy atom. The Morgan fingerprint density at radius 3 is 3.25 bits per heavy atom. The molecule has 0 spiro atoms. The van der Waals surface area contributed by atoms with Gasteiger partial charge in [-0.2, -0.15) is 0 Å². The van der Waals surface area contributed by atoms with Crippen LogP contribution in [0.5, 0.6) is 0 Å². The average molecular weight is 242 g/mol. The minimum atomic E-state index is -0.893. The van der Waals surface area contributed by atoms with Gasteiger partial charge >= 0.3 is 5.97 Å². The Hall–Kier alpha value is -0.980. The van der Waals surface area contributed by atoms with Crippen molar-refractivity contribution in [1.29, 1.82) is 0 Å². The van der Waals surface area contributed by atoms with Crippen LogP contribution in [0.15, 0.2) is 11.6 Å². The molecule has 6 heteroatoms. The number of hydrogen-bond donors (Lipinski definition) is 1. The van der Waals surface area contributed by atoms with Gasteiger partial charge in [0.1, 0.15) is 5.01 Å². The molecule has 2 rings (SSSR count). The molecule has 0 aromatic carbocycles. The lowest BCUT2D eigenvalue weighted by Crippen LogP contribution is -2.46. The normalized spacial score (nSPS) is 24.2. The summed E-state index contributed by atoms with van der Waals surface area (Å²) in [6.07, 6.45) is 1.06. The zero-order valence-electron chi connectivity index (χ0n) is 9.00. The maximum Gasteiger partial charge on any atom is 0.334 e. The number of aromatic nitrogens is 1. The Morgan fingerprint density at radius 2 is 2.62 bits per heavy atom. The SMILES string of the molecule is CC(c1nccs1)N1CCOC(C(=O)O)C1. The lowest BCUT2D eigenvalue weighted by Gasteiger charge is -2.34. The van der Waals surface area contributed by atoms with E-state index in [4.69, 9.17) is 9.84 Å². The van der Waals surface area contributed by atoms with Gasteiger partial charge in [-0.05, 0) is 6.92 Å². The van der Waals surface area contributed by atoms with Gasteiger partial charge in [0.05, 0.1) is 12.6 Å².